The maximum atomic E-state index is 14.9. The molecule has 5 aliphatic heterocycles. The van der Waals surface area contributed by atoms with Gasteiger partial charge in [0, 0.05) is 88.0 Å². The number of hydrazine groups is 1. The number of pyridine rings is 1. The number of hydrogen-bond donors (Lipinski definition) is 3. The molecule has 3 aromatic rings. The number of amides is 5. The van der Waals surface area contributed by atoms with E-state index in [4.69, 9.17) is 19.2 Å². The molecule has 7 heterocycles. The Labute approximate surface area is 423 Å². The van der Waals surface area contributed by atoms with Crippen molar-refractivity contribution in [2.45, 2.75) is 129 Å². The predicted octanol–water partition coefficient (Wildman–Crippen LogP) is 4.90. The van der Waals surface area contributed by atoms with Crippen molar-refractivity contribution in [2.75, 3.05) is 66.8 Å². The molecular weight excluding hydrogens is 919 g/mol. The molecule has 1 aromatic carbocycles. The number of likely N-dealkylation sites (N-methyl/N-ethyl adjacent to an activating group) is 1. The van der Waals surface area contributed by atoms with Gasteiger partial charge in [-0.15, -0.1) is 0 Å². The van der Waals surface area contributed by atoms with Crippen LogP contribution in [0.2, 0.25) is 0 Å². The summed E-state index contributed by atoms with van der Waals surface area (Å²) in [7, 11) is 3.29. The summed E-state index contributed by atoms with van der Waals surface area (Å²) in [4.78, 5) is 82.0. The molecule has 5 amide bonds. The standard InChI is InChI=1S/C54H75N9O9/c1-11-45(65)62-32-72-54(35(62)6)19-23-60(24-20-54)52(69)58(9)47(33(3)4)49(66)56-43-30-59-28-37(25-38(64)29-59)36-17-18-44-40(26-36)41(48(61(44)12-2)39-15-13-21-55-46(39)34(5)70-10)27-53(7,8)31-71-51(68)42-16-14-22-63(57-42)50(43)67/h11,13,15,17-18,21,25-26,33-35,38,42-43,47,57,64H,1,12,14,16,19-20,22-24,27-32H2,2-10H3,(H,56,66)/t34-,35-,38-,42-,43-,47-/m0/s1. The summed E-state index contributed by atoms with van der Waals surface area (Å²) in [6, 6.07) is 6.96. The number of rotatable bonds is 9. The van der Waals surface area contributed by atoms with E-state index in [1.165, 1.54) is 16.0 Å². The third-order valence-corrected chi connectivity index (χ3v) is 15.6. The third-order valence-electron chi connectivity index (χ3n) is 15.6. The van der Waals surface area contributed by atoms with Crippen molar-refractivity contribution in [3.63, 3.8) is 0 Å². The average Bonchev–Trinajstić information content (AvgIpc) is 3.85. The molecule has 3 N–H and O–H groups in total. The van der Waals surface area contributed by atoms with Gasteiger partial charge in [-0.3, -0.25) is 34.1 Å². The molecule has 0 saturated carbocycles. The lowest BCUT2D eigenvalue weighted by atomic mass is 9.84. The first-order valence-electron chi connectivity index (χ1n) is 25.7. The van der Waals surface area contributed by atoms with Crippen LogP contribution < -0.4 is 10.7 Å². The van der Waals surface area contributed by atoms with Crippen molar-refractivity contribution < 1.29 is 43.3 Å². The summed E-state index contributed by atoms with van der Waals surface area (Å²) in [5.41, 5.74) is 8.70. The van der Waals surface area contributed by atoms with Crippen LogP contribution in [0.1, 0.15) is 97.1 Å². The number of aryl methyl sites for hydroxylation is 1. The second-order valence-electron chi connectivity index (χ2n) is 21.5. The molecule has 0 radical (unpaired) electrons. The molecule has 1 unspecified atom stereocenters. The first-order valence-corrected chi connectivity index (χ1v) is 25.7. The normalized spacial score (nSPS) is 25.4. The van der Waals surface area contributed by atoms with Crippen LogP contribution in [0, 0.1) is 11.3 Å². The highest BCUT2D eigenvalue weighted by Gasteiger charge is 2.50. The van der Waals surface area contributed by atoms with E-state index < -0.39 is 53.0 Å². The lowest BCUT2D eigenvalue weighted by molar-refractivity contribution is -0.155. The van der Waals surface area contributed by atoms with Crippen LogP contribution in [-0.2, 0) is 46.4 Å². The summed E-state index contributed by atoms with van der Waals surface area (Å²) >= 11 is 0. The first kappa shape index (κ1) is 52.7. The number of carbonyl (C=O) groups is 5. The van der Waals surface area contributed by atoms with Gasteiger partial charge in [0.15, 0.2) is 0 Å². The Morgan fingerprint density at radius 1 is 1.11 bits per heavy atom. The van der Waals surface area contributed by atoms with Crippen molar-refractivity contribution in [1.82, 2.24) is 44.9 Å². The topological polar surface area (TPSA) is 191 Å². The van der Waals surface area contributed by atoms with Crippen molar-refractivity contribution in [3.05, 3.63) is 72.1 Å². The SMILES string of the molecule is C=CC(=O)N1COC2(CCN(C(=O)N(C)[C@H](C(=O)N[C@H]3CN4CC(=C[C@H](O)C4)c4ccc5c(c4)c(c(-c4cccnc4[C@H](C)OC)n5CC)CC(C)(C)COC(=O)[C@@H]4CCCN(N4)C3=O)C(C)C)CC2)[C@@H]1C. The molecule has 18 nitrogen and oxygen atoms in total. The fraction of sp³-hybridized carbons (Fsp3) is 0.593. The minimum atomic E-state index is -1.13. The zero-order valence-electron chi connectivity index (χ0n) is 43.6. The Balaban J connectivity index is 1.11. The number of nitrogens with one attached hydrogen (secondary N) is 2. The number of ether oxygens (including phenoxy) is 3. The van der Waals surface area contributed by atoms with Crippen molar-refractivity contribution in [3.8, 4) is 11.3 Å². The van der Waals surface area contributed by atoms with Crippen molar-refractivity contribution in [1.29, 1.82) is 0 Å². The fourth-order valence-corrected chi connectivity index (χ4v) is 11.6. The number of cyclic esters (lactones) is 1. The van der Waals surface area contributed by atoms with Gasteiger partial charge in [0.25, 0.3) is 5.91 Å². The number of esters is 1. The van der Waals surface area contributed by atoms with Crippen LogP contribution in [0.25, 0.3) is 27.7 Å². The molecule has 1 spiro atoms. The summed E-state index contributed by atoms with van der Waals surface area (Å²) in [6.07, 6.45) is 6.32. The first-order chi connectivity index (χ1) is 34.3. The van der Waals surface area contributed by atoms with Crippen LogP contribution in [0.3, 0.4) is 0 Å². The molecule has 2 aromatic heterocycles. The zero-order valence-corrected chi connectivity index (χ0v) is 43.6. The van der Waals surface area contributed by atoms with Gasteiger partial charge in [-0.1, -0.05) is 40.3 Å². The molecule has 390 valence electrons. The molecule has 0 aliphatic carbocycles. The minimum Gasteiger partial charge on any atom is -0.464 e. The number of hydrogen-bond acceptors (Lipinski definition) is 12. The number of aromatic nitrogens is 2. The van der Waals surface area contributed by atoms with Gasteiger partial charge in [0.05, 0.1) is 41.8 Å². The van der Waals surface area contributed by atoms with Crippen molar-refractivity contribution in [2.24, 2.45) is 11.3 Å². The lowest BCUT2D eigenvalue weighted by Gasteiger charge is -2.43. The van der Waals surface area contributed by atoms with E-state index in [9.17, 15) is 29.1 Å². The van der Waals surface area contributed by atoms with Gasteiger partial charge >= 0.3 is 12.0 Å². The molecule has 3 fully saturated rings. The van der Waals surface area contributed by atoms with E-state index in [2.05, 4.69) is 66.9 Å². The number of aliphatic hydroxyl groups excluding tert-OH is 1. The van der Waals surface area contributed by atoms with E-state index >= 15 is 0 Å². The lowest BCUT2D eigenvalue weighted by Crippen LogP contribution is -2.64. The smallest absolute Gasteiger partial charge is 0.324 e. The number of likely N-dealkylation sites (tertiary alicyclic amines) is 1. The second-order valence-corrected chi connectivity index (χ2v) is 21.5. The molecule has 6 bridgehead atoms. The average molecular weight is 994 g/mol. The number of urea groups is 1. The van der Waals surface area contributed by atoms with Gasteiger partial charge in [-0.25, -0.2) is 10.2 Å². The van der Waals surface area contributed by atoms with Crippen molar-refractivity contribution >= 4 is 46.2 Å². The van der Waals surface area contributed by atoms with Gasteiger partial charge < -0.3 is 43.9 Å². The van der Waals surface area contributed by atoms with Gasteiger partial charge in [-0.2, -0.15) is 0 Å². The quantitative estimate of drug-likeness (QED) is 0.195. The van der Waals surface area contributed by atoms with E-state index in [1.807, 2.05) is 44.7 Å². The number of nitrogens with zero attached hydrogens (tertiary/aromatic N) is 7. The van der Waals surface area contributed by atoms with Crippen LogP contribution >= 0.6 is 0 Å². The molecule has 5 aliphatic rings. The van der Waals surface area contributed by atoms with E-state index in [0.717, 1.165) is 44.6 Å². The summed E-state index contributed by atoms with van der Waals surface area (Å²) in [6.45, 7) is 20.2. The van der Waals surface area contributed by atoms with Crippen LogP contribution in [0.15, 0.2) is 55.3 Å². The number of fused-ring (bicyclic) bond motifs is 6. The summed E-state index contributed by atoms with van der Waals surface area (Å²) in [5, 5.41) is 17.0. The molecule has 3 saturated heterocycles. The highest BCUT2D eigenvalue weighted by atomic mass is 16.5. The second kappa shape index (κ2) is 21.4. The Bertz CT molecular complexity index is 2580. The number of aliphatic hydroxyl groups is 1. The minimum absolute atomic E-state index is 0.0338. The Hall–Kier alpha value is -5.66. The molecule has 72 heavy (non-hydrogen) atoms. The van der Waals surface area contributed by atoms with E-state index in [0.29, 0.717) is 58.3 Å². The molecular formula is C54H75N9O9. The Morgan fingerprint density at radius 2 is 1.86 bits per heavy atom. The van der Waals surface area contributed by atoms with Crippen LogP contribution in [-0.4, -0.2) is 172 Å². The van der Waals surface area contributed by atoms with Gasteiger partial charge in [0.1, 0.15) is 24.9 Å². The highest BCUT2D eigenvalue weighted by molar-refractivity contribution is 5.95. The summed E-state index contributed by atoms with van der Waals surface area (Å²) < 4.78 is 20.5. The molecule has 8 rings (SSSR count). The molecule has 18 heteroatoms. The Morgan fingerprint density at radius 3 is 2.56 bits per heavy atom. The third kappa shape index (κ3) is 10.4. The van der Waals surface area contributed by atoms with Gasteiger partial charge in [0.2, 0.25) is 11.8 Å². The maximum Gasteiger partial charge on any atom is 0.324 e. The number of piperidine rings is 1. The zero-order chi connectivity index (χ0) is 51.8. The number of benzene rings is 1. The highest BCUT2D eigenvalue weighted by Crippen LogP contribution is 2.42. The largest absolute Gasteiger partial charge is 0.464 e. The van der Waals surface area contributed by atoms with E-state index in [1.54, 1.807) is 30.2 Å². The predicted molar refractivity (Wildman–Crippen MR) is 273 cm³/mol. The molecule has 7 atom stereocenters. The van der Waals surface area contributed by atoms with E-state index in [-0.39, 0.29) is 63.0 Å². The fourth-order valence-electron chi connectivity index (χ4n) is 11.6. The number of carbonyl (C=O) groups excluding carboxylic acids is 5. The van der Waals surface area contributed by atoms with Crippen LogP contribution in [0.4, 0.5) is 4.79 Å². The summed E-state index contributed by atoms with van der Waals surface area (Å²) in [5.74, 6) is -1.97. The number of methoxy groups -OCH3 is 1. The monoisotopic (exact) mass is 994 g/mol. The van der Waals surface area contributed by atoms with Gasteiger partial charge in [-0.05, 0) is 112 Å². The Kier molecular flexibility index (Phi) is 15.7. The maximum absolute atomic E-state index is 14.9. The van der Waals surface area contributed by atoms with Crippen LogP contribution in [0.5, 0.6) is 0 Å².